The maximum Gasteiger partial charge on any atom is 0.216 e. The van der Waals surface area contributed by atoms with Crippen molar-refractivity contribution in [2.24, 2.45) is 0 Å². The van der Waals surface area contributed by atoms with E-state index in [1.807, 2.05) is 24.3 Å². The number of hydrogen-bond donors (Lipinski definition) is 0. The molecule has 0 saturated heterocycles. The van der Waals surface area contributed by atoms with Gasteiger partial charge in [-0.1, -0.05) is 49.4 Å². The fraction of sp³-hybridized carbons (Fsp3) is 0.308. The van der Waals surface area contributed by atoms with Crippen LogP contribution < -0.4 is 4.90 Å². The first kappa shape index (κ1) is 20.3. The number of aryl methyl sites for hydroxylation is 1. The Morgan fingerprint density at radius 2 is 1.67 bits per heavy atom. The normalized spacial score (nSPS) is 14.4. The monoisotopic (exact) mass is 402 g/mol. The summed E-state index contributed by atoms with van der Waals surface area (Å²) >= 11 is 0. The molecule has 1 aliphatic carbocycles. The molecule has 1 fully saturated rings. The molecule has 0 radical (unpaired) electrons. The zero-order valence-corrected chi connectivity index (χ0v) is 17.6. The predicted molar refractivity (Wildman–Crippen MR) is 119 cm³/mol. The minimum absolute atomic E-state index is 0.0103. The van der Waals surface area contributed by atoms with E-state index in [2.05, 4.69) is 48.1 Å². The molecule has 1 aliphatic rings. The van der Waals surface area contributed by atoms with Gasteiger partial charge < -0.3 is 4.90 Å². The van der Waals surface area contributed by atoms with Crippen LogP contribution in [0.2, 0.25) is 0 Å². The molecule has 2 aromatic carbocycles. The highest BCUT2D eigenvalue weighted by Crippen LogP contribution is 2.45. The summed E-state index contributed by atoms with van der Waals surface area (Å²) in [7, 11) is 2.18. The standard InChI is InChI=1S/C26H27FN2O/c1-3-26(16-17-26)29(2)23-13-10-20(11-14-23)19-6-8-21(9-7-19)24(30)15-12-22-5-4-18-28-25(22)27/h4-11,13-14,18H,3,12,15-17H2,1-2H3. The molecule has 4 heteroatoms. The Morgan fingerprint density at radius 1 is 1.03 bits per heavy atom. The first-order chi connectivity index (χ1) is 14.5. The molecule has 0 N–H and O–H groups in total. The Balaban J connectivity index is 1.40. The number of rotatable bonds is 8. The van der Waals surface area contributed by atoms with Crippen molar-refractivity contribution in [2.75, 3.05) is 11.9 Å². The highest BCUT2D eigenvalue weighted by atomic mass is 19.1. The number of benzene rings is 2. The minimum Gasteiger partial charge on any atom is -0.369 e. The average Bonchev–Trinajstić information content (AvgIpc) is 3.59. The van der Waals surface area contributed by atoms with Crippen molar-refractivity contribution >= 4 is 11.5 Å². The second kappa shape index (κ2) is 8.39. The average molecular weight is 403 g/mol. The van der Waals surface area contributed by atoms with Crippen LogP contribution in [-0.4, -0.2) is 23.4 Å². The van der Waals surface area contributed by atoms with E-state index >= 15 is 0 Å². The Morgan fingerprint density at radius 3 is 2.23 bits per heavy atom. The van der Waals surface area contributed by atoms with Gasteiger partial charge in [0.25, 0.3) is 0 Å². The van der Waals surface area contributed by atoms with Crippen LogP contribution in [0.4, 0.5) is 10.1 Å². The summed E-state index contributed by atoms with van der Waals surface area (Å²) in [6.45, 7) is 2.26. The van der Waals surface area contributed by atoms with Gasteiger partial charge in [0.1, 0.15) is 0 Å². The molecular formula is C26H27FN2O. The Hall–Kier alpha value is -3.01. The summed E-state index contributed by atoms with van der Waals surface area (Å²) in [5.74, 6) is -0.489. The number of nitrogens with zero attached hydrogens (tertiary/aromatic N) is 2. The van der Waals surface area contributed by atoms with Crippen LogP contribution in [0.1, 0.15) is 48.5 Å². The number of anilines is 1. The number of carbonyl (C=O) groups is 1. The lowest BCUT2D eigenvalue weighted by atomic mass is 9.99. The van der Waals surface area contributed by atoms with Crippen LogP contribution in [0.25, 0.3) is 11.1 Å². The van der Waals surface area contributed by atoms with Gasteiger partial charge in [-0.25, -0.2) is 4.98 Å². The van der Waals surface area contributed by atoms with Gasteiger partial charge in [0.05, 0.1) is 0 Å². The van der Waals surface area contributed by atoms with E-state index < -0.39 is 5.95 Å². The Bertz CT molecular complexity index is 1020. The molecule has 0 bridgehead atoms. The minimum atomic E-state index is -0.499. The first-order valence-electron chi connectivity index (χ1n) is 10.6. The van der Waals surface area contributed by atoms with Crippen molar-refractivity contribution in [1.82, 2.24) is 4.98 Å². The zero-order chi connectivity index (χ0) is 21.1. The molecule has 3 aromatic rings. The van der Waals surface area contributed by atoms with Crippen molar-refractivity contribution < 1.29 is 9.18 Å². The van der Waals surface area contributed by atoms with Gasteiger partial charge >= 0.3 is 0 Å². The van der Waals surface area contributed by atoms with E-state index in [1.54, 1.807) is 12.1 Å². The highest BCUT2D eigenvalue weighted by molar-refractivity contribution is 5.96. The summed E-state index contributed by atoms with van der Waals surface area (Å²) in [5.41, 5.74) is 4.93. The van der Waals surface area contributed by atoms with Gasteiger partial charge in [0, 0.05) is 42.0 Å². The molecule has 0 aliphatic heterocycles. The van der Waals surface area contributed by atoms with Gasteiger partial charge in [-0.05, 0) is 55.0 Å². The van der Waals surface area contributed by atoms with Crippen LogP contribution in [-0.2, 0) is 6.42 Å². The molecule has 1 saturated carbocycles. The van der Waals surface area contributed by atoms with Crippen LogP contribution in [0, 0.1) is 5.95 Å². The van der Waals surface area contributed by atoms with Gasteiger partial charge in [0.2, 0.25) is 5.95 Å². The molecule has 4 rings (SSSR count). The van der Waals surface area contributed by atoms with Gasteiger partial charge in [-0.15, -0.1) is 0 Å². The number of pyridine rings is 1. The molecule has 1 aromatic heterocycles. The van der Waals surface area contributed by atoms with Crippen LogP contribution in [0.15, 0.2) is 66.9 Å². The fourth-order valence-corrected chi connectivity index (χ4v) is 4.07. The van der Waals surface area contributed by atoms with E-state index in [-0.39, 0.29) is 12.2 Å². The third-order valence-corrected chi connectivity index (χ3v) is 6.45. The molecule has 0 atom stereocenters. The van der Waals surface area contributed by atoms with E-state index in [0.29, 0.717) is 23.1 Å². The summed E-state index contributed by atoms with van der Waals surface area (Å²) < 4.78 is 13.6. The second-order valence-electron chi connectivity index (χ2n) is 8.14. The molecule has 3 nitrogen and oxygen atoms in total. The van der Waals surface area contributed by atoms with Crippen molar-refractivity contribution in [3.05, 3.63) is 83.9 Å². The van der Waals surface area contributed by atoms with E-state index in [4.69, 9.17) is 0 Å². The fourth-order valence-electron chi connectivity index (χ4n) is 4.07. The number of Topliss-reactive ketones (excluding diaryl/α,β-unsaturated/α-hetero) is 1. The summed E-state index contributed by atoms with van der Waals surface area (Å²) in [5, 5.41) is 0. The van der Waals surface area contributed by atoms with Crippen molar-refractivity contribution in [2.45, 2.75) is 44.6 Å². The van der Waals surface area contributed by atoms with E-state index in [0.717, 1.165) is 11.1 Å². The van der Waals surface area contributed by atoms with Crippen molar-refractivity contribution in [3.8, 4) is 11.1 Å². The van der Waals surface area contributed by atoms with Crippen molar-refractivity contribution in [1.29, 1.82) is 0 Å². The molecule has 0 amide bonds. The largest absolute Gasteiger partial charge is 0.369 e. The lowest BCUT2D eigenvalue weighted by molar-refractivity contribution is 0.0982. The quantitative estimate of drug-likeness (QED) is 0.338. The first-order valence-corrected chi connectivity index (χ1v) is 10.6. The number of ketones is 1. The van der Waals surface area contributed by atoms with Crippen LogP contribution in [0.5, 0.6) is 0 Å². The third-order valence-electron chi connectivity index (χ3n) is 6.45. The molecule has 154 valence electrons. The number of carbonyl (C=O) groups excluding carboxylic acids is 1. The topological polar surface area (TPSA) is 33.2 Å². The van der Waals surface area contributed by atoms with E-state index in [9.17, 15) is 9.18 Å². The molecule has 30 heavy (non-hydrogen) atoms. The maximum atomic E-state index is 13.6. The Labute approximate surface area is 177 Å². The molecule has 0 unspecified atom stereocenters. The smallest absolute Gasteiger partial charge is 0.216 e. The molecule has 1 heterocycles. The Kier molecular flexibility index (Phi) is 5.67. The van der Waals surface area contributed by atoms with E-state index in [1.165, 1.54) is 31.1 Å². The summed E-state index contributed by atoms with van der Waals surface area (Å²) in [6, 6.07) is 19.6. The summed E-state index contributed by atoms with van der Waals surface area (Å²) in [4.78, 5) is 18.5. The number of halogens is 1. The van der Waals surface area contributed by atoms with Crippen molar-refractivity contribution in [3.63, 3.8) is 0 Å². The lowest BCUT2D eigenvalue weighted by Gasteiger charge is -2.29. The molecular weight excluding hydrogens is 375 g/mol. The number of aromatic nitrogens is 1. The zero-order valence-electron chi connectivity index (χ0n) is 17.6. The van der Waals surface area contributed by atoms with Gasteiger partial charge in [-0.3, -0.25) is 4.79 Å². The predicted octanol–water partition coefficient (Wildman–Crippen LogP) is 6.08. The third kappa shape index (κ3) is 4.13. The van der Waals surface area contributed by atoms with Gasteiger partial charge in [0.15, 0.2) is 5.78 Å². The van der Waals surface area contributed by atoms with Gasteiger partial charge in [-0.2, -0.15) is 4.39 Å². The van der Waals surface area contributed by atoms with Crippen LogP contribution >= 0.6 is 0 Å². The SMILES string of the molecule is CCC1(N(C)c2ccc(-c3ccc(C(=O)CCc4cccnc4F)cc3)cc2)CC1. The lowest BCUT2D eigenvalue weighted by Crippen LogP contribution is -2.32. The second-order valence-corrected chi connectivity index (χ2v) is 8.14. The van der Waals surface area contributed by atoms with Crippen LogP contribution in [0.3, 0.4) is 0 Å². The maximum absolute atomic E-state index is 13.6. The number of hydrogen-bond acceptors (Lipinski definition) is 3. The highest BCUT2D eigenvalue weighted by Gasteiger charge is 2.44. The summed E-state index contributed by atoms with van der Waals surface area (Å²) in [6.07, 6.45) is 5.75. The molecule has 0 spiro atoms.